The van der Waals surface area contributed by atoms with E-state index in [4.69, 9.17) is 39.5 Å². The summed E-state index contributed by atoms with van der Waals surface area (Å²) in [6.45, 7) is 9.61. The van der Waals surface area contributed by atoms with Gasteiger partial charge in [0, 0.05) is 6.54 Å². The summed E-state index contributed by atoms with van der Waals surface area (Å²) in [5, 5.41) is 19.8. The maximum absolute atomic E-state index is 13.1. The zero-order valence-corrected chi connectivity index (χ0v) is 25.0. The molecule has 0 bridgehead atoms. The molecule has 1 unspecified atom stereocenters. The molecule has 0 saturated heterocycles. The summed E-state index contributed by atoms with van der Waals surface area (Å²) >= 11 is 18.4. The zero-order valence-electron chi connectivity index (χ0n) is 22.7. The summed E-state index contributed by atoms with van der Waals surface area (Å²) in [7, 11) is 0. The number of ether oxygens (including phenoxy) is 1. The first-order valence-corrected chi connectivity index (χ1v) is 14.3. The number of hydrogen-bond acceptors (Lipinski definition) is 6. The van der Waals surface area contributed by atoms with Crippen molar-refractivity contribution >= 4 is 57.6 Å². The van der Waals surface area contributed by atoms with E-state index in [2.05, 4.69) is 53.3 Å². The third-order valence-corrected chi connectivity index (χ3v) is 6.58. The molecule has 8 nitrogen and oxygen atoms in total. The summed E-state index contributed by atoms with van der Waals surface area (Å²) in [5.74, 6) is 1.58. The Morgan fingerprint density at radius 1 is 0.897 bits per heavy atom. The summed E-state index contributed by atoms with van der Waals surface area (Å²) in [6.07, 6.45) is 4.14. The summed E-state index contributed by atoms with van der Waals surface area (Å²) in [5.41, 5.74) is 1.55. The molecule has 0 spiro atoms. The molecule has 3 rings (SSSR count). The zero-order chi connectivity index (χ0) is 28.4. The van der Waals surface area contributed by atoms with Crippen molar-refractivity contribution in [2.45, 2.75) is 63.7 Å². The van der Waals surface area contributed by atoms with Crippen LogP contribution in [0.25, 0.3) is 0 Å². The predicted octanol–water partition coefficient (Wildman–Crippen LogP) is 10.1. The van der Waals surface area contributed by atoms with Crippen LogP contribution in [0.4, 0.5) is 22.7 Å². The van der Waals surface area contributed by atoms with E-state index in [1.807, 2.05) is 24.3 Å². The Morgan fingerprint density at radius 3 is 1.92 bits per heavy atom. The van der Waals surface area contributed by atoms with Crippen LogP contribution in [0, 0.1) is 11.8 Å². The van der Waals surface area contributed by atoms with Crippen LogP contribution in [0.3, 0.4) is 0 Å². The predicted molar refractivity (Wildman–Crippen MR) is 159 cm³/mol. The van der Waals surface area contributed by atoms with Crippen LogP contribution in [0.1, 0.15) is 59.1 Å². The molecule has 0 aliphatic carbocycles. The van der Waals surface area contributed by atoms with Gasteiger partial charge in [0.2, 0.25) is 3.79 Å². The minimum absolute atomic E-state index is 0.0232. The first kappa shape index (κ1) is 30.9. The van der Waals surface area contributed by atoms with Gasteiger partial charge in [-0.05, 0) is 66.8 Å². The lowest BCUT2D eigenvalue weighted by atomic mass is 9.99. The molecule has 2 aromatic carbocycles. The Bertz CT molecular complexity index is 1290. The van der Waals surface area contributed by atoms with Gasteiger partial charge in [-0.25, -0.2) is 0 Å². The van der Waals surface area contributed by atoms with E-state index in [1.54, 1.807) is 24.3 Å². The van der Waals surface area contributed by atoms with Crippen LogP contribution in [-0.2, 0) is 10.3 Å². The normalized spacial score (nSPS) is 13.1. The first-order chi connectivity index (χ1) is 18.6. The topological polar surface area (TPSA) is 96.5 Å². The van der Waals surface area contributed by atoms with Crippen molar-refractivity contribution in [1.29, 1.82) is 0 Å². The molecule has 1 N–H and O–H groups in total. The molecular weight excluding hydrogens is 559 g/mol. The Kier molecular flexibility index (Phi) is 11.6. The number of nitrogens with one attached hydrogen (secondary N) is 1. The van der Waals surface area contributed by atoms with Crippen molar-refractivity contribution in [3.05, 3.63) is 64.6 Å². The Balaban J connectivity index is 1.72. The van der Waals surface area contributed by atoms with Crippen LogP contribution < -0.4 is 10.3 Å². The van der Waals surface area contributed by atoms with Gasteiger partial charge in [-0.15, -0.1) is 5.11 Å². The van der Waals surface area contributed by atoms with E-state index in [0.717, 1.165) is 31.4 Å². The molecule has 0 radical (unpaired) electrons. The van der Waals surface area contributed by atoms with Gasteiger partial charge in [-0.1, -0.05) is 81.8 Å². The summed E-state index contributed by atoms with van der Waals surface area (Å²) in [4.78, 5) is 13.1. The highest BCUT2D eigenvalue weighted by atomic mass is 35.6. The quantitative estimate of drug-likeness (QED) is 0.158. The number of unbranched alkanes of at least 4 members (excludes halogenated alkanes) is 1. The van der Waals surface area contributed by atoms with Gasteiger partial charge >= 0.3 is 0 Å². The molecule has 1 heterocycles. The first-order valence-electron chi connectivity index (χ1n) is 13.2. The molecule has 0 amide bonds. The number of halogens is 3. The molecule has 0 fully saturated rings. The maximum Gasteiger partial charge on any atom is 0.294 e. The molecule has 210 valence electrons. The van der Waals surface area contributed by atoms with Crippen molar-refractivity contribution in [3.63, 3.8) is 0 Å². The van der Waals surface area contributed by atoms with E-state index in [1.165, 1.54) is 4.68 Å². The molecular formula is C28H35Cl3N6O2. The van der Waals surface area contributed by atoms with Crippen molar-refractivity contribution in [2.24, 2.45) is 32.3 Å². The lowest BCUT2D eigenvalue weighted by Crippen LogP contribution is -2.21. The molecule has 3 aromatic rings. The number of benzene rings is 2. The van der Waals surface area contributed by atoms with Gasteiger partial charge in [0.05, 0.1) is 23.7 Å². The summed E-state index contributed by atoms with van der Waals surface area (Å²) < 4.78 is 5.29. The molecule has 0 aliphatic rings. The fourth-order valence-electron chi connectivity index (χ4n) is 3.75. The average Bonchev–Trinajstić information content (AvgIpc) is 3.23. The van der Waals surface area contributed by atoms with E-state index in [9.17, 15) is 4.79 Å². The highest BCUT2D eigenvalue weighted by Crippen LogP contribution is 2.41. The second-order valence-electron chi connectivity index (χ2n) is 9.78. The highest BCUT2D eigenvalue weighted by molar-refractivity contribution is 6.66. The van der Waals surface area contributed by atoms with Crippen molar-refractivity contribution in [3.8, 4) is 5.75 Å². The number of aromatic amines is 1. The standard InChI is InChI=1S/C28H35Cl3N6O2/c1-5-7-8-20(6-2)17-37-27(38)25(26(36-37)28(29,30)31)35-34-22-11-9-21(10-12-22)32-33-23-13-15-24(16-14-23)39-18-19(3)4/h9-16,19-20,36H,5-8,17-18H2,1-4H3. The molecule has 39 heavy (non-hydrogen) atoms. The monoisotopic (exact) mass is 592 g/mol. The number of nitrogens with zero attached hydrogens (tertiary/aromatic N) is 5. The fraction of sp³-hybridized carbons (Fsp3) is 0.464. The number of aromatic nitrogens is 2. The van der Waals surface area contributed by atoms with E-state index in [0.29, 0.717) is 42.0 Å². The number of hydrogen-bond donors (Lipinski definition) is 1. The molecule has 1 atom stereocenters. The van der Waals surface area contributed by atoms with Crippen LogP contribution >= 0.6 is 34.8 Å². The summed E-state index contributed by atoms with van der Waals surface area (Å²) in [6, 6.07) is 14.4. The van der Waals surface area contributed by atoms with Crippen molar-refractivity contribution in [2.75, 3.05) is 6.61 Å². The Hall–Kier alpha value is -2.68. The molecule has 0 aliphatic heterocycles. The number of alkyl halides is 3. The van der Waals surface area contributed by atoms with Crippen LogP contribution in [0.5, 0.6) is 5.75 Å². The van der Waals surface area contributed by atoms with E-state index in [-0.39, 0.29) is 16.9 Å². The second-order valence-corrected chi connectivity index (χ2v) is 12.1. The lowest BCUT2D eigenvalue weighted by molar-refractivity contribution is 0.271. The second kappa shape index (κ2) is 14.6. The van der Waals surface area contributed by atoms with Crippen LogP contribution in [0.15, 0.2) is 73.8 Å². The minimum atomic E-state index is -1.85. The largest absolute Gasteiger partial charge is 0.493 e. The molecule has 1 aromatic heterocycles. The lowest BCUT2D eigenvalue weighted by Gasteiger charge is -2.14. The Morgan fingerprint density at radius 2 is 1.44 bits per heavy atom. The third kappa shape index (κ3) is 9.48. The van der Waals surface area contributed by atoms with Crippen LogP contribution in [0.2, 0.25) is 0 Å². The number of rotatable bonds is 13. The van der Waals surface area contributed by atoms with E-state index >= 15 is 0 Å². The van der Waals surface area contributed by atoms with Crippen LogP contribution in [-0.4, -0.2) is 16.4 Å². The Labute approximate surface area is 244 Å². The van der Waals surface area contributed by atoms with Gasteiger partial charge in [-0.2, -0.15) is 15.3 Å². The van der Waals surface area contributed by atoms with Crippen molar-refractivity contribution < 1.29 is 4.74 Å². The van der Waals surface area contributed by atoms with Crippen molar-refractivity contribution in [1.82, 2.24) is 9.78 Å². The molecule has 0 saturated carbocycles. The maximum atomic E-state index is 13.1. The smallest absolute Gasteiger partial charge is 0.294 e. The highest BCUT2D eigenvalue weighted by Gasteiger charge is 2.32. The van der Waals surface area contributed by atoms with Gasteiger partial charge in [-0.3, -0.25) is 14.6 Å². The third-order valence-electron chi connectivity index (χ3n) is 6.01. The fourth-order valence-corrected chi connectivity index (χ4v) is 4.14. The average molecular weight is 594 g/mol. The molecule has 11 heteroatoms. The van der Waals surface area contributed by atoms with Gasteiger partial charge in [0.1, 0.15) is 11.4 Å². The number of H-pyrrole nitrogens is 1. The van der Waals surface area contributed by atoms with Gasteiger partial charge in [0.15, 0.2) is 5.69 Å². The SMILES string of the molecule is CCCCC(CC)Cn1[nH]c(C(Cl)(Cl)Cl)c(N=Nc2ccc(N=Nc3ccc(OCC(C)C)cc3)cc2)c1=O. The van der Waals surface area contributed by atoms with Gasteiger partial charge < -0.3 is 4.74 Å². The van der Waals surface area contributed by atoms with Gasteiger partial charge in [0.25, 0.3) is 5.56 Å². The van der Waals surface area contributed by atoms with E-state index < -0.39 is 3.79 Å². The minimum Gasteiger partial charge on any atom is -0.493 e. The number of azo groups is 2.